The van der Waals surface area contributed by atoms with Crippen LogP contribution in [0, 0.1) is 0 Å². The predicted octanol–water partition coefficient (Wildman–Crippen LogP) is -0.0432. The highest BCUT2D eigenvalue weighted by Gasteiger charge is 2.11. The minimum absolute atomic E-state index is 0.230. The van der Waals surface area contributed by atoms with E-state index in [-0.39, 0.29) is 11.4 Å². The van der Waals surface area contributed by atoms with Crippen LogP contribution in [0.15, 0.2) is 35.2 Å². The molecule has 0 heterocycles. The number of nitrogens with one attached hydrogen (secondary N) is 1. The molecule has 108 valence electrons. The summed E-state index contributed by atoms with van der Waals surface area (Å²) in [7, 11) is -3.44. The monoisotopic (exact) mass is 288 g/mol. The van der Waals surface area contributed by atoms with Crippen molar-refractivity contribution in [1.82, 2.24) is 4.72 Å². The SMILES string of the molecule is NCCOCCOCCNS(=O)(=O)c1ccccc1. The van der Waals surface area contributed by atoms with Gasteiger partial charge in [-0.05, 0) is 12.1 Å². The first kappa shape index (κ1) is 16.1. The summed E-state index contributed by atoms with van der Waals surface area (Å²) in [6.45, 7) is 2.41. The molecule has 19 heavy (non-hydrogen) atoms. The highest BCUT2D eigenvalue weighted by atomic mass is 32.2. The highest BCUT2D eigenvalue weighted by Crippen LogP contribution is 2.06. The van der Waals surface area contributed by atoms with E-state index < -0.39 is 10.0 Å². The standard InChI is InChI=1S/C12H20N2O4S/c13-6-8-17-10-11-18-9-7-14-19(15,16)12-4-2-1-3-5-12/h1-5,14H,6-11,13H2. The molecule has 0 unspecified atom stereocenters. The fraction of sp³-hybridized carbons (Fsp3) is 0.500. The Bertz CT molecular complexity index is 436. The molecule has 0 aliphatic rings. The van der Waals surface area contributed by atoms with Crippen LogP contribution in [-0.4, -0.2) is 47.9 Å². The lowest BCUT2D eigenvalue weighted by Gasteiger charge is -2.07. The minimum atomic E-state index is -3.44. The lowest BCUT2D eigenvalue weighted by Crippen LogP contribution is -2.27. The van der Waals surface area contributed by atoms with Crippen molar-refractivity contribution >= 4 is 10.0 Å². The van der Waals surface area contributed by atoms with Gasteiger partial charge in [-0.15, -0.1) is 0 Å². The number of rotatable bonds is 10. The summed E-state index contributed by atoms with van der Waals surface area (Å²) < 4.78 is 36.4. The van der Waals surface area contributed by atoms with Crippen LogP contribution in [-0.2, 0) is 19.5 Å². The molecule has 7 heteroatoms. The first-order chi connectivity index (χ1) is 9.17. The molecule has 0 aliphatic heterocycles. The third kappa shape index (κ3) is 6.65. The number of ether oxygens (including phenoxy) is 2. The van der Waals surface area contributed by atoms with E-state index in [4.69, 9.17) is 15.2 Å². The van der Waals surface area contributed by atoms with Gasteiger partial charge in [-0.3, -0.25) is 0 Å². The maximum Gasteiger partial charge on any atom is 0.240 e. The molecule has 0 aromatic heterocycles. The smallest absolute Gasteiger partial charge is 0.240 e. The maximum absolute atomic E-state index is 11.8. The molecule has 0 atom stereocenters. The predicted molar refractivity (Wildman–Crippen MR) is 72.3 cm³/mol. The molecule has 0 saturated carbocycles. The molecular formula is C12H20N2O4S. The Labute approximate surface area is 113 Å². The van der Waals surface area contributed by atoms with Gasteiger partial charge in [0.25, 0.3) is 0 Å². The summed E-state index contributed by atoms with van der Waals surface area (Å²) in [4.78, 5) is 0.251. The van der Waals surface area contributed by atoms with E-state index in [1.807, 2.05) is 0 Å². The Morgan fingerprint density at radius 2 is 1.63 bits per heavy atom. The zero-order chi connectivity index (χ0) is 14.0. The van der Waals surface area contributed by atoms with Crippen LogP contribution in [0.5, 0.6) is 0 Å². The van der Waals surface area contributed by atoms with Crippen LogP contribution in [0.4, 0.5) is 0 Å². The third-order valence-electron chi connectivity index (χ3n) is 2.23. The summed E-state index contributed by atoms with van der Waals surface area (Å²) in [5.41, 5.74) is 5.25. The van der Waals surface area contributed by atoms with Crippen LogP contribution < -0.4 is 10.5 Å². The van der Waals surface area contributed by atoms with Gasteiger partial charge in [-0.1, -0.05) is 18.2 Å². The number of hydrogen-bond donors (Lipinski definition) is 2. The van der Waals surface area contributed by atoms with Gasteiger partial charge in [0, 0.05) is 13.1 Å². The fourth-order valence-electron chi connectivity index (χ4n) is 1.34. The zero-order valence-electron chi connectivity index (χ0n) is 10.7. The topological polar surface area (TPSA) is 90.7 Å². The van der Waals surface area contributed by atoms with Crippen LogP contribution in [0.3, 0.4) is 0 Å². The third-order valence-corrected chi connectivity index (χ3v) is 3.70. The van der Waals surface area contributed by atoms with Gasteiger partial charge >= 0.3 is 0 Å². The van der Waals surface area contributed by atoms with E-state index in [1.54, 1.807) is 30.3 Å². The fourth-order valence-corrected chi connectivity index (χ4v) is 2.37. The van der Waals surface area contributed by atoms with Gasteiger partial charge in [0.15, 0.2) is 0 Å². The molecule has 0 spiro atoms. The van der Waals surface area contributed by atoms with Gasteiger partial charge in [0.2, 0.25) is 10.0 Å². The molecule has 1 rings (SSSR count). The average molecular weight is 288 g/mol. The van der Waals surface area contributed by atoms with Crippen molar-refractivity contribution in [3.8, 4) is 0 Å². The van der Waals surface area contributed by atoms with E-state index in [0.29, 0.717) is 33.0 Å². The van der Waals surface area contributed by atoms with Gasteiger partial charge < -0.3 is 15.2 Å². The lowest BCUT2D eigenvalue weighted by molar-refractivity contribution is 0.0530. The zero-order valence-corrected chi connectivity index (χ0v) is 11.6. The molecule has 0 fully saturated rings. The van der Waals surface area contributed by atoms with Crippen LogP contribution >= 0.6 is 0 Å². The number of sulfonamides is 1. The Kier molecular flexibility index (Phi) is 7.61. The first-order valence-electron chi connectivity index (χ1n) is 6.07. The molecule has 0 radical (unpaired) electrons. The van der Waals surface area contributed by atoms with Crippen LogP contribution in [0.1, 0.15) is 0 Å². The molecule has 6 nitrogen and oxygen atoms in total. The van der Waals surface area contributed by atoms with Crippen molar-refractivity contribution in [1.29, 1.82) is 0 Å². The van der Waals surface area contributed by atoms with Crippen molar-refractivity contribution < 1.29 is 17.9 Å². The van der Waals surface area contributed by atoms with Crippen molar-refractivity contribution in [3.63, 3.8) is 0 Å². The van der Waals surface area contributed by atoms with E-state index >= 15 is 0 Å². The van der Waals surface area contributed by atoms with Crippen LogP contribution in [0.2, 0.25) is 0 Å². The second kappa shape index (κ2) is 9.00. The van der Waals surface area contributed by atoms with Gasteiger partial charge in [0.05, 0.1) is 31.3 Å². The molecule has 1 aromatic rings. The number of benzene rings is 1. The second-order valence-corrected chi connectivity index (χ2v) is 5.49. The lowest BCUT2D eigenvalue weighted by atomic mass is 10.4. The molecule has 3 N–H and O–H groups in total. The highest BCUT2D eigenvalue weighted by molar-refractivity contribution is 7.89. The average Bonchev–Trinajstić information content (AvgIpc) is 2.43. The van der Waals surface area contributed by atoms with Crippen LogP contribution in [0.25, 0.3) is 0 Å². The normalized spacial score (nSPS) is 11.6. The van der Waals surface area contributed by atoms with E-state index in [0.717, 1.165) is 0 Å². The Morgan fingerprint density at radius 1 is 1.00 bits per heavy atom. The largest absolute Gasteiger partial charge is 0.378 e. The summed E-state index contributed by atoms with van der Waals surface area (Å²) >= 11 is 0. The molecule has 0 amide bonds. The summed E-state index contributed by atoms with van der Waals surface area (Å²) in [6, 6.07) is 8.22. The second-order valence-electron chi connectivity index (χ2n) is 3.72. The molecule has 0 aliphatic carbocycles. The van der Waals surface area contributed by atoms with Crippen molar-refractivity contribution in [2.24, 2.45) is 5.73 Å². The van der Waals surface area contributed by atoms with Crippen molar-refractivity contribution in [3.05, 3.63) is 30.3 Å². The molecule has 0 saturated heterocycles. The maximum atomic E-state index is 11.8. The molecule has 0 bridgehead atoms. The van der Waals surface area contributed by atoms with E-state index in [2.05, 4.69) is 4.72 Å². The Balaban J connectivity index is 2.15. The van der Waals surface area contributed by atoms with E-state index in [9.17, 15) is 8.42 Å². The Hall–Kier alpha value is -0.990. The van der Waals surface area contributed by atoms with Gasteiger partial charge in [-0.2, -0.15) is 0 Å². The van der Waals surface area contributed by atoms with E-state index in [1.165, 1.54) is 0 Å². The number of nitrogens with two attached hydrogens (primary N) is 1. The van der Waals surface area contributed by atoms with Gasteiger partial charge in [-0.25, -0.2) is 13.1 Å². The van der Waals surface area contributed by atoms with Gasteiger partial charge in [0.1, 0.15) is 0 Å². The summed E-state index contributed by atoms with van der Waals surface area (Å²) in [5, 5.41) is 0. The summed E-state index contributed by atoms with van der Waals surface area (Å²) in [6.07, 6.45) is 0. The first-order valence-corrected chi connectivity index (χ1v) is 7.55. The quantitative estimate of drug-likeness (QED) is 0.589. The molecule has 1 aromatic carbocycles. The Morgan fingerprint density at radius 3 is 2.26 bits per heavy atom. The van der Waals surface area contributed by atoms with Crippen molar-refractivity contribution in [2.75, 3.05) is 39.5 Å². The van der Waals surface area contributed by atoms with Crippen molar-refractivity contribution in [2.45, 2.75) is 4.90 Å². The number of hydrogen-bond acceptors (Lipinski definition) is 5. The molecular weight excluding hydrogens is 268 g/mol. The summed E-state index contributed by atoms with van der Waals surface area (Å²) in [5.74, 6) is 0. The minimum Gasteiger partial charge on any atom is -0.378 e.